The molecule has 0 bridgehead atoms. The predicted octanol–water partition coefficient (Wildman–Crippen LogP) is 1.27. The molecule has 3 saturated heterocycles. The Labute approximate surface area is 160 Å². The molecule has 0 unspecified atom stereocenters. The number of H-pyrrole nitrogens is 1. The number of piperidine rings is 2. The molecule has 0 saturated carbocycles. The predicted molar refractivity (Wildman–Crippen MR) is 102 cm³/mol. The number of aromatic nitrogens is 2. The summed E-state index contributed by atoms with van der Waals surface area (Å²) in [6.07, 6.45) is 6.74. The first-order chi connectivity index (χ1) is 13.1. The molecule has 3 aliphatic rings. The van der Waals surface area contributed by atoms with Crippen molar-refractivity contribution in [2.24, 2.45) is 11.8 Å². The number of likely N-dealkylation sites (tertiary alicyclic amines) is 2. The third kappa shape index (κ3) is 3.88. The molecule has 1 aromatic rings. The molecule has 3 fully saturated rings. The van der Waals surface area contributed by atoms with Crippen molar-refractivity contribution in [1.82, 2.24) is 25.3 Å². The Morgan fingerprint density at radius 2 is 1.59 bits per heavy atom. The van der Waals surface area contributed by atoms with E-state index < -0.39 is 0 Å². The lowest BCUT2D eigenvalue weighted by Crippen LogP contribution is -2.50. The van der Waals surface area contributed by atoms with Crippen molar-refractivity contribution in [3.8, 4) is 0 Å². The zero-order valence-corrected chi connectivity index (χ0v) is 16.2. The van der Waals surface area contributed by atoms with Gasteiger partial charge in [-0.3, -0.25) is 14.7 Å². The van der Waals surface area contributed by atoms with Gasteiger partial charge in [-0.15, -0.1) is 0 Å². The van der Waals surface area contributed by atoms with Gasteiger partial charge in [-0.25, -0.2) is 0 Å². The summed E-state index contributed by atoms with van der Waals surface area (Å²) >= 11 is 0. The van der Waals surface area contributed by atoms with Gasteiger partial charge in [0.05, 0.1) is 18.0 Å². The molecule has 7 heteroatoms. The summed E-state index contributed by atoms with van der Waals surface area (Å²) in [5.41, 5.74) is 2.43. The van der Waals surface area contributed by atoms with E-state index in [4.69, 9.17) is 0 Å². The van der Waals surface area contributed by atoms with Gasteiger partial charge in [0.15, 0.2) is 0 Å². The second-order valence-electron chi connectivity index (χ2n) is 8.39. The van der Waals surface area contributed by atoms with E-state index in [9.17, 15) is 9.59 Å². The van der Waals surface area contributed by atoms with Gasteiger partial charge >= 0.3 is 0 Å². The molecule has 148 valence electrons. The zero-order chi connectivity index (χ0) is 18.8. The molecule has 4 heterocycles. The average molecular weight is 374 g/mol. The lowest BCUT2D eigenvalue weighted by atomic mass is 9.87. The second kappa shape index (κ2) is 8.00. The van der Waals surface area contributed by atoms with Crippen LogP contribution in [0.25, 0.3) is 0 Å². The maximum Gasteiger partial charge on any atom is 0.226 e. The third-order valence-corrected chi connectivity index (χ3v) is 6.55. The topological polar surface area (TPSA) is 81.3 Å². The molecule has 2 atom stereocenters. The molecule has 27 heavy (non-hydrogen) atoms. The van der Waals surface area contributed by atoms with Gasteiger partial charge in [0.1, 0.15) is 0 Å². The van der Waals surface area contributed by atoms with Crippen molar-refractivity contribution in [2.45, 2.75) is 44.9 Å². The van der Waals surface area contributed by atoms with Crippen molar-refractivity contribution >= 4 is 11.8 Å². The number of nitrogens with one attached hydrogen (secondary N) is 2. The fourth-order valence-electron chi connectivity index (χ4n) is 4.93. The van der Waals surface area contributed by atoms with Gasteiger partial charge < -0.3 is 15.1 Å². The fraction of sp³-hybridized carbons (Fsp3) is 0.750. The first kappa shape index (κ1) is 18.5. The van der Waals surface area contributed by atoms with Crippen LogP contribution in [0.3, 0.4) is 0 Å². The lowest BCUT2D eigenvalue weighted by molar-refractivity contribution is -0.140. The van der Waals surface area contributed by atoms with Crippen LogP contribution in [0.15, 0.2) is 6.20 Å². The summed E-state index contributed by atoms with van der Waals surface area (Å²) < 4.78 is 0. The average Bonchev–Trinajstić information content (AvgIpc) is 3.39. The van der Waals surface area contributed by atoms with E-state index in [1.165, 1.54) is 11.3 Å². The van der Waals surface area contributed by atoms with Crippen LogP contribution in [0.2, 0.25) is 0 Å². The first-order valence-electron chi connectivity index (χ1n) is 10.4. The number of carbonyl (C=O) groups is 2. The summed E-state index contributed by atoms with van der Waals surface area (Å²) in [5, 5.41) is 10.6. The number of nitrogens with zero attached hydrogens (tertiary/aromatic N) is 3. The van der Waals surface area contributed by atoms with Crippen molar-refractivity contribution in [2.75, 3.05) is 39.3 Å². The molecular formula is C20H31N5O2. The highest BCUT2D eigenvalue weighted by Gasteiger charge is 2.36. The second-order valence-corrected chi connectivity index (χ2v) is 8.39. The van der Waals surface area contributed by atoms with E-state index in [0.29, 0.717) is 25.4 Å². The van der Waals surface area contributed by atoms with E-state index in [0.717, 1.165) is 51.9 Å². The Morgan fingerprint density at radius 1 is 1.00 bits per heavy atom. The third-order valence-electron chi connectivity index (χ3n) is 6.55. The highest BCUT2D eigenvalue weighted by Crippen LogP contribution is 2.30. The van der Waals surface area contributed by atoms with Crippen LogP contribution in [-0.2, 0) is 9.59 Å². The number of hydrogen-bond donors (Lipinski definition) is 2. The Kier molecular flexibility index (Phi) is 5.48. The SMILES string of the molecule is Cc1cn[nH]c1C1CCN(C(=O)[C@@H]2CNC[C@H](C(=O)N3CCCC3)C2)CC1. The van der Waals surface area contributed by atoms with Gasteiger partial charge in [0, 0.05) is 50.9 Å². The van der Waals surface area contributed by atoms with Crippen molar-refractivity contribution < 1.29 is 9.59 Å². The zero-order valence-electron chi connectivity index (χ0n) is 16.2. The molecule has 4 rings (SSSR count). The van der Waals surface area contributed by atoms with Crippen molar-refractivity contribution in [3.63, 3.8) is 0 Å². The van der Waals surface area contributed by atoms with Gasteiger partial charge in [-0.1, -0.05) is 0 Å². The molecule has 1 aromatic heterocycles. The molecule has 2 amide bonds. The van der Waals surface area contributed by atoms with E-state index in [1.54, 1.807) is 0 Å². The van der Waals surface area contributed by atoms with E-state index in [2.05, 4.69) is 22.4 Å². The van der Waals surface area contributed by atoms with Crippen LogP contribution in [0.1, 0.15) is 49.3 Å². The summed E-state index contributed by atoms with van der Waals surface area (Å²) in [6.45, 7) is 6.85. The summed E-state index contributed by atoms with van der Waals surface area (Å²) in [7, 11) is 0. The largest absolute Gasteiger partial charge is 0.342 e. The summed E-state index contributed by atoms with van der Waals surface area (Å²) in [5.74, 6) is 0.814. The van der Waals surface area contributed by atoms with Crippen molar-refractivity contribution in [3.05, 3.63) is 17.5 Å². The highest BCUT2D eigenvalue weighted by molar-refractivity contribution is 5.83. The van der Waals surface area contributed by atoms with Crippen LogP contribution < -0.4 is 5.32 Å². The van der Waals surface area contributed by atoms with Gasteiger partial charge in [0.2, 0.25) is 11.8 Å². The number of rotatable bonds is 3. The van der Waals surface area contributed by atoms with E-state index in [-0.39, 0.29) is 23.7 Å². The number of amides is 2. The van der Waals surface area contributed by atoms with E-state index in [1.807, 2.05) is 16.0 Å². The highest BCUT2D eigenvalue weighted by atomic mass is 16.2. The standard InChI is InChI=1S/C20H31N5O2/c1-14-11-22-23-18(14)15-4-8-25(9-5-15)20(27)17-10-16(12-21-13-17)19(26)24-6-2-3-7-24/h11,15-17,21H,2-10,12-13H2,1H3,(H,22,23)/t16-,17+/m1/s1. The quantitative estimate of drug-likeness (QED) is 0.836. The minimum atomic E-state index is -0.0688. The Hall–Kier alpha value is -1.89. The van der Waals surface area contributed by atoms with Crippen LogP contribution in [-0.4, -0.2) is 71.1 Å². The molecule has 7 nitrogen and oxygen atoms in total. The monoisotopic (exact) mass is 373 g/mol. The minimum Gasteiger partial charge on any atom is -0.342 e. The van der Waals surface area contributed by atoms with Crippen LogP contribution in [0.4, 0.5) is 0 Å². The van der Waals surface area contributed by atoms with Gasteiger partial charge in [-0.05, 0) is 44.6 Å². The smallest absolute Gasteiger partial charge is 0.226 e. The van der Waals surface area contributed by atoms with E-state index >= 15 is 0 Å². The maximum absolute atomic E-state index is 13.0. The van der Waals surface area contributed by atoms with Crippen LogP contribution in [0, 0.1) is 18.8 Å². The number of aryl methyl sites for hydroxylation is 1. The fourth-order valence-corrected chi connectivity index (χ4v) is 4.93. The molecule has 0 aliphatic carbocycles. The molecular weight excluding hydrogens is 342 g/mol. The minimum absolute atomic E-state index is 0.0454. The molecule has 0 radical (unpaired) electrons. The normalized spacial score (nSPS) is 27.1. The Balaban J connectivity index is 1.31. The summed E-state index contributed by atoms with van der Waals surface area (Å²) in [4.78, 5) is 29.7. The number of carbonyl (C=O) groups excluding carboxylic acids is 2. The number of hydrogen-bond acceptors (Lipinski definition) is 4. The van der Waals surface area contributed by atoms with Crippen LogP contribution >= 0.6 is 0 Å². The molecule has 0 aromatic carbocycles. The number of aromatic amines is 1. The van der Waals surface area contributed by atoms with Gasteiger partial charge in [0.25, 0.3) is 0 Å². The Morgan fingerprint density at radius 3 is 2.15 bits per heavy atom. The summed E-state index contributed by atoms with van der Waals surface area (Å²) in [6, 6.07) is 0. The van der Waals surface area contributed by atoms with Crippen LogP contribution in [0.5, 0.6) is 0 Å². The maximum atomic E-state index is 13.0. The lowest BCUT2D eigenvalue weighted by Gasteiger charge is -2.37. The van der Waals surface area contributed by atoms with Crippen molar-refractivity contribution in [1.29, 1.82) is 0 Å². The first-order valence-corrected chi connectivity index (χ1v) is 10.4. The Bertz CT molecular complexity index is 674. The molecule has 0 spiro atoms. The molecule has 3 aliphatic heterocycles. The molecule has 2 N–H and O–H groups in total. The van der Waals surface area contributed by atoms with Gasteiger partial charge in [-0.2, -0.15) is 5.10 Å².